The van der Waals surface area contributed by atoms with E-state index in [9.17, 15) is 14.4 Å². The highest BCUT2D eigenvalue weighted by atomic mass is 16.5. The number of hydrogen-bond acceptors (Lipinski definition) is 5. The predicted octanol–water partition coefficient (Wildman–Crippen LogP) is 2.19. The van der Waals surface area contributed by atoms with Crippen LogP contribution in [0.3, 0.4) is 0 Å². The third-order valence-corrected chi connectivity index (χ3v) is 6.12. The van der Waals surface area contributed by atoms with E-state index in [1.54, 1.807) is 11.0 Å². The monoisotopic (exact) mass is 413 g/mol. The summed E-state index contributed by atoms with van der Waals surface area (Å²) < 4.78 is 6.32. The molecular formula is C23H31N3O4. The highest BCUT2D eigenvalue weighted by Crippen LogP contribution is 2.31. The molecule has 1 aromatic rings. The van der Waals surface area contributed by atoms with Crippen LogP contribution >= 0.6 is 0 Å². The van der Waals surface area contributed by atoms with E-state index in [-0.39, 0.29) is 30.2 Å². The minimum atomic E-state index is -0.587. The fourth-order valence-corrected chi connectivity index (χ4v) is 4.97. The predicted molar refractivity (Wildman–Crippen MR) is 112 cm³/mol. The number of nitrogens with one attached hydrogen (secondary N) is 1. The van der Waals surface area contributed by atoms with Crippen molar-refractivity contribution < 1.29 is 19.1 Å². The van der Waals surface area contributed by atoms with Crippen molar-refractivity contribution in [3.8, 4) is 5.75 Å². The Bertz CT molecular complexity index is 851. The minimum Gasteiger partial charge on any atom is -0.489 e. The van der Waals surface area contributed by atoms with Gasteiger partial charge >= 0.3 is 0 Å². The van der Waals surface area contributed by atoms with E-state index in [0.717, 1.165) is 37.4 Å². The van der Waals surface area contributed by atoms with Gasteiger partial charge in [-0.05, 0) is 48.4 Å². The highest BCUT2D eigenvalue weighted by molar-refractivity contribution is 6.05. The van der Waals surface area contributed by atoms with Gasteiger partial charge in [0, 0.05) is 38.2 Å². The summed E-state index contributed by atoms with van der Waals surface area (Å²) in [5.74, 6) is 1.17. The minimum absolute atomic E-state index is 0.133. The summed E-state index contributed by atoms with van der Waals surface area (Å²) in [5.41, 5.74) is 1.50. The van der Waals surface area contributed by atoms with E-state index in [2.05, 4.69) is 31.0 Å². The van der Waals surface area contributed by atoms with E-state index < -0.39 is 6.04 Å². The number of piperidine rings is 2. The second kappa shape index (κ2) is 8.38. The van der Waals surface area contributed by atoms with Crippen molar-refractivity contribution in [2.45, 2.75) is 58.7 Å². The van der Waals surface area contributed by atoms with E-state index in [1.807, 2.05) is 12.1 Å². The molecular weight excluding hydrogens is 382 g/mol. The molecule has 0 saturated carbocycles. The maximum atomic E-state index is 12.8. The molecule has 0 radical (unpaired) electrons. The SMILES string of the molecule is CC(C)CN1C[C@H](C)C[C@@H](Oc2ccc3c(c2)CN(C2CCC(=O)NC2=O)C3=O)C1. The van der Waals surface area contributed by atoms with Crippen molar-refractivity contribution in [1.29, 1.82) is 0 Å². The van der Waals surface area contributed by atoms with Crippen LogP contribution < -0.4 is 10.1 Å². The van der Waals surface area contributed by atoms with Gasteiger partial charge in [-0.15, -0.1) is 0 Å². The summed E-state index contributed by atoms with van der Waals surface area (Å²) in [6, 6.07) is 5.01. The molecule has 4 rings (SSSR count). The number of benzene rings is 1. The molecule has 2 fully saturated rings. The molecule has 1 aromatic carbocycles. The van der Waals surface area contributed by atoms with Crippen LogP contribution in [-0.2, 0) is 16.1 Å². The zero-order chi connectivity index (χ0) is 21.4. The van der Waals surface area contributed by atoms with E-state index in [4.69, 9.17) is 4.74 Å². The van der Waals surface area contributed by atoms with Gasteiger partial charge in [-0.3, -0.25) is 24.6 Å². The lowest BCUT2D eigenvalue weighted by Gasteiger charge is -2.37. The number of fused-ring (bicyclic) bond motifs is 1. The number of rotatable bonds is 5. The average Bonchev–Trinajstić information content (AvgIpc) is 2.96. The zero-order valence-electron chi connectivity index (χ0n) is 18.0. The maximum absolute atomic E-state index is 12.8. The van der Waals surface area contributed by atoms with Crippen LogP contribution in [0, 0.1) is 11.8 Å². The Labute approximate surface area is 177 Å². The third kappa shape index (κ3) is 4.36. The summed E-state index contributed by atoms with van der Waals surface area (Å²) in [5, 5.41) is 2.34. The fraction of sp³-hybridized carbons (Fsp3) is 0.609. The standard InChI is InChI=1S/C23H31N3O4/c1-14(2)10-25-11-15(3)8-18(13-25)30-17-4-5-19-16(9-17)12-26(23(19)29)20-6-7-21(27)24-22(20)28/h4-5,9,14-15,18,20H,6-8,10-13H2,1-3H3,(H,24,27,28)/t15-,18-,20?/m1/s1. The topological polar surface area (TPSA) is 79.0 Å². The molecule has 30 heavy (non-hydrogen) atoms. The number of carbonyl (C=O) groups excluding carboxylic acids is 3. The number of hydrogen-bond donors (Lipinski definition) is 1. The van der Waals surface area contributed by atoms with Crippen LogP contribution in [0.5, 0.6) is 5.75 Å². The van der Waals surface area contributed by atoms with E-state index >= 15 is 0 Å². The second-order valence-electron chi connectivity index (χ2n) is 9.41. The Morgan fingerprint density at radius 3 is 2.73 bits per heavy atom. The first-order valence-corrected chi connectivity index (χ1v) is 11.0. The lowest BCUT2D eigenvalue weighted by molar-refractivity contribution is -0.136. The molecule has 3 atom stereocenters. The number of carbonyl (C=O) groups is 3. The van der Waals surface area contributed by atoms with Gasteiger partial charge in [0.15, 0.2) is 0 Å². The fourth-order valence-electron chi connectivity index (χ4n) is 4.97. The van der Waals surface area contributed by atoms with Crippen molar-refractivity contribution in [3.05, 3.63) is 29.3 Å². The Balaban J connectivity index is 1.44. The van der Waals surface area contributed by atoms with Crippen molar-refractivity contribution in [1.82, 2.24) is 15.1 Å². The summed E-state index contributed by atoms with van der Waals surface area (Å²) in [4.78, 5) is 40.5. The molecule has 2 saturated heterocycles. The lowest BCUT2D eigenvalue weighted by atomic mass is 9.97. The zero-order valence-corrected chi connectivity index (χ0v) is 18.0. The first kappa shape index (κ1) is 20.8. The molecule has 0 bridgehead atoms. The van der Waals surface area contributed by atoms with Crippen molar-refractivity contribution in [2.24, 2.45) is 11.8 Å². The van der Waals surface area contributed by atoms with E-state index in [1.165, 1.54) is 0 Å². The summed E-state index contributed by atoms with van der Waals surface area (Å²) in [6.45, 7) is 10.2. The Kier molecular flexibility index (Phi) is 5.82. The molecule has 162 valence electrons. The van der Waals surface area contributed by atoms with Gasteiger partial charge in [0.25, 0.3) is 5.91 Å². The number of ether oxygens (including phenoxy) is 1. The molecule has 3 aliphatic heterocycles. The Hall–Kier alpha value is -2.41. The first-order chi connectivity index (χ1) is 14.3. The number of amides is 3. The lowest BCUT2D eigenvalue weighted by Crippen LogP contribution is -2.52. The van der Waals surface area contributed by atoms with Crippen LogP contribution in [0.4, 0.5) is 0 Å². The Morgan fingerprint density at radius 2 is 2.00 bits per heavy atom. The van der Waals surface area contributed by atoms with Gasteiger partial charge in [0.1, 0.15) is 17.9 Å². The Morgan fingerprint density at radius 1 is 1.20 bits per heavy atom. The second-order valence-corrected chi connectivity index (χ2v) is 9.41. The van der Waals surface area contributed by atoms with Gasteiger partial charge in [0.05, 0.1) is 0 Å². The van der Waals surface area contributed by atoms with Crippen molar-refractivity contribution in [3.63, 3.8) is 0 Å². The highest BCUT2D eigenvalue weighted by Gasteiger charge is 2.39. The molecule has 1 unspecified atom stereocenters. The molecule has 7 nitrogen and oxygen atoms in total. The van der Waals surface area contributed by atoms with E-state index in [0.29, 0.717) is 30.4 Å². The van der Waals surface area contributed by atoms with Crippen LogP contribution in [0.2, 0.25) is 0 Å². The van der Waals surface area contributed by atoms with Crippen molar-refractivity contribution >= 4 is 17.7 Å². The third-order valence-electron chi connectivity index (χ3n) is 6.12. The molecule has 0 spiro atoms. The normalized spacial score (nSPS) is 27.4. The van der Waals surface area contributed by atoms with Gasteiger partial charge in [-0.1, -0.05) is 20.8 Å². The molecule has 0 aromatic heterocycles. The van der Waals surface area contributed by atoms with Gasteiger partial charge in [-0.2, -0.15) is 0 Å². The molecule has 1 N–H and O–H groups in total. The summed E-state index contributed by atoms with van der Waals surface area (Å²) in [6.07, 6.45) is 1.79. The van der Waals surface area contributed by atoms with Crippen molar-refractivity contribution in [2.75, 3.05) is 19.6 Å². The number of likely N-dealkylation sites (tertiary alicyclic amines) is 1. The molecule has 0 aliphatic carbocycles. The molecule has 3 amide bonds. The van der Waals surface area contributed by atoms with Crippen LogP contribution in [0.15, 0.2) is 18.2 Å². The molecule has 7 heteroatoms. The number of nitrogens with zero attached hydrogens (tertiary/aromatic N) is 2. The van der Waals surface area contributed by atoms with Gasteiger partial charge in [0.2, 0.25) is 11.8 Å². The average molecular weight is 414 g/mol. The summed E-state index contributed by atoms with van der Waals surface area (Å²) >= 11 is 0. The molecule has 3 heterocycles. The summed E-state index contributed by atoms with van der Waals surface area (Å²) in [7, 11) is 0. The maximum Gasteiger partial charge on any atom is 0.255 e. The molecule has 3 aliphatic rings. The number of imide groups is 1. The largest absolute Gasteiger partial charge is 0.489 e. The van der Waals surface area contributed by atoms with Gasteiger partial charge < -0.3 is 9.64 Å². The first-order valence-electron chi connectivity index (χ1n) is 11.0. The quantitative estimate of drug-likeness (QED) is 0.749. The van der Waals surface area contributed by atoms with Crippen LogP contribution in [0.1, 0.15) is 56.0 Å². The van der Waals surface area contributed by atoms with Crippen LogP contribution in [0.25, 0.3) is 0 Å². The van der Waals surface area contributed by atoms with Crippen LogP contribution in [-0.4, -0.2) is 59.3 Å². The van der Waals surface area contributed by atoms with Gasteiger partial charge in [-0.25, -0.2) is 0 Å². The smallest absolute Gasteiger partial charge is 0.255 e.